The molecule has 0 fully saturated rings. The van der Waals surface area contributed by atoms with Gasteiger partial charge in [0.1, 0.15) is 5.82 Å². The Morgan fingerprint density at radius 2 is 1.91 bits per heavy atom. The molecule has 0 amide bonds. The Labute approximate surface area is 137 Å². The number of nitrogens with zero attached hydrogens (tertiary/aromatic N) is 1. The van der Waals surface area contributed by atoms with Gasteiger partial charge in [-0.05, 0) is 37.3 Å². The Balaban J connectivity index is 1.91. The molecule has 4 nitrogen and oxygen atoms in total. The summed E-state index contributed by atoms with van der Waals surface area (Å²) in [5.74, 6) is -0.598. The zero-order chi connectivity index (χ0) is 16.4. The molecule has 23 heavy (non-hydrogen) atoms. The lowest BCUT2D eigenvalue weighted by Gasteiger charge is -2.09. The van der Waals surface area contributed by atoms with Crippen molar-refractivity contribution in [2.24, 2.45) is 0 Å². The zero-order valence-corrected chi connectivity index (χ0v) is 13.8. The highest BCUT2D eigenvalue weighted by molar-refractivity contribution is 7.92. The summed E-state index contributed by atoms with van der Waals surface area (Å²) < 4.78 is 40.3. The zero-order valence-electron chi connectivity index (χ0n) is 12.2. The van der Waals surface area contributed by atoms with Gasteiger partial charge in [-0.2, -0.15) is 0 Å². The van der Waals surface area contributed by atoms with E-state index in [0.29, 0.717) is 5.69 Å². The van der Waals surface area contributed by atoms with Gasteiger partial charge < -0.3 is 0 Å². The molecule has 0 saturated carbocycles. The number of rotatable bonds is 4. The number of hydrogen-bond donors (Lipinski definition) is 1. The molecule has 0 aliphatic rings. The highest BCUT2D eigenvalue weighted by Crippen LogP contribution is 2.25. The quantitative estimate of drug-likeness (QED) is 0.773. The first-order valence-electron chi connectivity index (χ1n) is 6.75. The minimum absolute atomic E-state index is 0.118. The molecule has 2 aromatic carbocycles. The number of thiazole rings is 1. The average Bonchev–Trinajstić information content (AvgIpc) is 2.94. The Morgan fingerprint density at radius 3 is 2.61 bits per heavy atom. The second kappa shape index (κ2) is 6.10. The maximum absolute atomic E-state index is 13.2. The lowest BCUT2D eigenvalue weighted by Crippen LogP contribution is -2.13. The Morgan fingerprint density at radius 1 is 1.13 bits per heavy atom. The van der Waals surface area contributed by atoms with Crippen LogP contribution < -0.4 is 4.72 Å². The van der Waals surface area contributed by atoms with Crippen LogP contribution in [0.4, 0.5) is 10.1 Å². The number of nitrogens with one attached hydrogen (secondary N) is 1. The van der Waals surface area contributed by atoms with Crippen molar-refractivity contribution >= 4 is 27.0 Å². The van der Waals surface area contributed by atoms with Crippen molar-refractivity contribution in [3.8, 4) is 11.3 Å². The summed E-state index contributed by atoms with van der Waals surface area (Å²) >= 11 is 1.53. The average molecular weight is 348 g/mol. The van der Waals surface area contributed by atoms with Crippen LogP contribution in [0.5, 0.6) is 0 Å². The first-order chi connectivity index (χ1) is 10.9. The van der Waals surface area contributed by atoms with Crippen molar-refractivity contribution in [1.82, 2.24) is 4.98 Å². The van der Waals surface area contributed by atoms with Gasteiger partial charge in [0.15, 0.2) is 0 Å². The molecular weight excluding hydrogens is 335 g/mol. The molecule has 3 rings (SSSR count). The number of benzene rings is 2. The second-order valence-corrected chi connectivity index (χ2v) is 7.64. The number of aromatic nitrogens is 1. The maximum atomic E-state index is 13.2. The van der Waals surface area contributed by atoms with Crippen molar-refractivity contribution < 1.29 is 12.8 Å². The Hall–Kier alpha value is -2.25. The summed E-state index contributed by atoms with van der Waals surface area (Å²) in [7, 11) is -3.84. The predicted octanol–water partition coefficient (Wildman–Crippen LogP) is 4.06. The number of aryl methyl sites for hydroxylation is 1. The van der Waals surface area contributed by atoms with Crippen molar-refractivity contribution in [1.29, 1.82) is 0 Å². The molecule has 1 aromatic heterocycles. The van der Waals surface area contributed by atoms with Gasteiger partial charge in [0, 0.05) is 16.6 Å². The van der Waals surface area contributed by atoms with Crippen molar-refractivity contribution in [2.45, 2.75) is 11.8 Å². The number of hydrogen-bond acceptors (Lipinski definition) is 4. The molecule has 1 heterocycles. The van der Waals surface area contributed by atoms with Crippen LogP contribution >= 0.6 is 11.3 Å². The van der Waals surface area contributed by atoms with Crippen LogP contribution in [0.3, 0.4) is 0 Å². The molecule has 3 aromatic rings. The van der Waals surface area contributed by atoms with Crippen LogP contribution in [0.15, 0.2) is 58.8 Å². The fourth-order valence-corrected chi connectivity index (χ4v) is 3.79. The van der Waals surface area contributed by atoms with Crippen LogP contribution in [-0.4, -0.2) is 13.4 Å². The fourth-order valence-electron chi connectivity index (χ4n) is 2.09. The smallest absolute Gasteiger partial charge is 0.261 e. The van der Waals surface area contributed by atoms with Crippen LogP contribution in [0.2, 0.25) is 0 Å². The third kappa shape index (κ3) is 3.57. The van der Waals surface area contributed by atoms with Gasteiger partial charge in [-0.25, -0.2) is 17.8 Å². The molecule has 0 atom stereocenters. The summed E-state index contributed by atoms with van der Waals surface area (Å²) in [6.07, 6.45) is 0. The van der Waals surface area contributed by atoms with Gasteiger partial charge in [0.25, 0.3) is 10.0 Å². The van der Waals surface area contributed by atoms with E-state index in [4.69, 9.17) is 0 Å². The molecule has 7 heteroatoms. The molecule has 0 radical (unpaired) electrons. The molecule has 0 aliphatic heterocycles. The lowest BCUT2D eigenvalue weighted by atomic mass is 10.1. The van der Waals surface area contributed by atoms with E-state index in [1.54, 1.807) is 18.2 Å². The van der Waals surface area contributed by atoms with Gasteiger partial charge >= 0.3 is 0 Å². The Kier molecular flexibility index (Phi) is 4.14. The minimum Gasteiger partial charge on any atom is -0.280 e. The molecule has 0 bridgehead atoms. The summed E-state index contributed by atoms with van der Waals surface area (Å²) in [5, 5.41) is 2.85. The van der Waals surface area contributed by atoms with Crippen molar-refractivity contribution in [2.75, 3.05) is 4.72 Å². The van der Waals surface area contributed by atoms with Gasteiger partial charge in [-0.1, -0.05) is 18.2 Å². The molecule has 0 unspecified atom stereocenters. The monoisotopic (exact) mass is 348 g/mol. The molecule has 0 saturated heterocycles. The van der Waals surface area contributed by atoms with Gasteiger partial charge in [-0.15, -0.1) is 11.3 Å². The first kappa shape index (κ1) is 15.6. The molecular formula is C16H13FN2O2S2. The van der Waals surface area contributed by atoms with Crippen LogP contribution in [0, 0.1) is 12.7 Å². The first-order valence-corrected chi connectivity index (χ1v) is 9.11. The van der Waals surface area contributed by atoms with E-state index in [1.807, 2.05) is 18.4 Å². The predicted molar refractivity (Wildman–Crippen MR) is 89.5 cm³/mol. The Bertz CT molecular complexity index is 952. The molecule has 0 aliphatic carbocycles. The minimum atomic E-state index is -3.84. The summed E-state index contributed by atoms with van der Waals surface area (Å²) in [4.78, 5) is 4.26. The normalized spacial score (nSPS) is 11.4. The third-order valence-corrected chi connectivity index (χ3v) is 5.29. The molecule has 1 N–H and O–H groups in total. The maximum Gasteiger partial charge on any atom is 0.261 e. The third-order valence-electron chi connectivity index (χ3n) is 3.14. The number of sulfonamides is 1. The van der Waals surface area contributed by atoms with E-state index in [-0.39, 0.29) is 4.90 Å². The van der Waals surface area contributed by atoms with Gasteiger partial charge in [0.2, 0.25) is 0 Å². The molecule has 118 valence electrons. The van der Waals surface area contributed by atoms with E-state index in [2.05, 4.69) is 9.71 Å². The van der Waals surface area contributed by atoms with Crippen LogP contribution in [0.25, 0.3) is 11.3 Å². The highest BCUT2D eigenvalue weighted by atomic mass is 32.2. The standard InChI is InChI=1S/C16H13FN2O2S2/c1-11-18-16(10-22-11)12-4-2-6-14(8-12)19-23(20,21)15-7-3-5-13(17)9-15/h2-10,19H,1H3. The van der Waals surface area contributed by atoms with Gasteiger partial charge in [0.05, 0.1) is 15.6 Å². The van der Waals surface area contributed by atoms with E-state index >= 15 is 0 Å². The number of anilines is 1. The summed E-state index contributed by atoms with van der Waals surface area (Å²) in [6.45, 7) is 1.91. The van der Waals surface area contributed by atoms with E-state index in [0.717, 1.165) is 22.3 Å². The van der Waals surface area contributed by atoms with E-state index in [9.17, 15) is 12.8 Å². The largest absolute Gasteiger partial charge is 0.280 e. The lowest BCUT2D eigenvalue weighted by molar-refractivity contribution is 0.595. The topological polar surface area (TPSA) is 59.1 Å². The SMILES string of the molecule is Cc1nc(-c2cccc(NS(=O)(=O)c3cccc(F)c3)c2)cs1. The van der Waals surface area contributed by atoms with E-state index in [1.165, 1.54) is 29.5 Å². The van der Waals surface area contributed by atoms with Crippen molar-refractivity contribution in [3.05, 3.63) is 64.7 Å². The molecule has 0 spiro atoms. The summed E-state index contributed by atoms with van der Waals surface area (Å²) in [5.41, 5.74) is 2.01. The van der Waals surface area contributed by atoms with Crippen molar-refractivity contribution in [3.63, 3.8) is 0 Å². The number of halogens is 1. The van der Waals surface area contributed by atoms with Gasteiger partial charge in [-0.3, -0.25) is 4.72 Å². The van der Waals surface area contributed by atoms with Crippen LogP contribution in [-0.2, 0) is 10.0 Å². The van der Waals surface area contributed by atoms with Crippen LogP contribution in [0.1, 0.15) is 5.01 Å². The fraction of sp³-hybridized carbons (Fsp3) is 0.0625. The second-order valence-electron chi connectivity index (χ2n) is 4.90. The highest BCUT2D eigenvalue weighted by Gasteiger charge is 2.15. The van der Waals surface area contributed by atoms with E-state index < -0.39 is 15.8 Å². The summed E-state index contributed by atoms with van der Waals surface area (Å²) in [6, 6.07) is 11.8.